The number of hydrogen-bond acceptors (Lipinski definition) is 2. The molecule has 0 unspecified atom stereocenters. The number of rotatable bonds is 4. The maximum absolute atomic E-state index is 11.3. The summed E-state index contributed by atoms with van der Waals surface area (Å²) in [6.07, 6.45) is 0.387. The number of benzene rings is 1. The highest BCUT2D eigenvalue weighted by atomic mass is 35.5. The lowest BCUT2D eigenvalue weighted by Gasteiger charge is -2.24. The first kappa shape index (κ1) is 15.8. The van der Waals surface area contributed by atoms with Gasteiger partial charge in [0.2, 0.25) is 0 Å². The molecule has 0 spiro atoms. The minimum absolute atomic E-state index is 0.387. The van der Waals surface area contributed by atoms with Crippen LogP contribution in [0.1, 0.15) is 36.1 Å². The number of carboxylic acid groups (broad SMARTS) is 1. The normalized spacial score (nSPS) is 11.5. The minimum atomic E-state index is -0.858. The Morgan fingerprint density at radius 1 is 1.21 bits per heavy atom. The van der Waals surface area contributed by atoms with Crippen LogP contribution in [0.25, 0.3) is 0 Å². The summed E-state index contributed by atoms with van der Waals surface area (Å²) in [5, 5.41) is 9.97. The smallest absolute Gasteiger partial charge is 0.309 e. The lowest BCUT2D eigenvalue weighted by atomic mass is 9.83. The minimum Gasteiger partial charge on any atom is -0.496 e. The molecular formula is C15H21ClO3. The monoisotopic (exact) mass is 284 g/mol. The summed E-state index contributed by atoms with van der Waals surface area (Å²) >= 11 is 6.32. The molecule has 1 aromatic rings. The molecular weight excluding hydrogens is 264 g/mol. The van der Waals surface area contributed by atoms with E-state index in [9.17, 15) is 9.90 Å². The van der Waals surface area contributed by atoms with Crippen molar-refractivity contribution in [3.63, 3.8) is 0 Å². The first-order valence-corrected chi connectivity index (χ1v) is 6.56. The molecule has 0 radical (unpaired) electrons. The Kier molecular flexibility index (Phi) is 4.51. The molecule has 0 aliphatic carbocycles. The zero-order valence-electron chi connectivity index (χ0n) is 12.3. The van der Waals surface area contributed by atoms with Crippen molar-refractivity contribution in [3.8, 4) is 5.75 Å². The fraction of sp³-hybridized carbons (Fsp3) is 0.533. The number of carbonyl (C=O) groups is 1. The van der Waals surface area contributed by atoms with E-state index >= 15 is 0 Å². The number of hydrogen-bond donors (Lipinski definition) is 1. The van der Waals surface area contributed by atoms with Gasteiger partial charge in [-0.3, -0.25) is 4.79 Å². The van der Waals surface area contributed by atoms with E-state index in [2.05, 4.69) is 0 Å². The molecule has 1 rings (SSSR count). The van der Waals surface area contributed by atoms with E-state index in [-0.39, 0.29) is 0 Å². The van der Waals surface area contributed by atoms with Gasteiger partial charge in [-0.05, 0) is 63.3 Å². The van der Waals surface area contributed by atoms with Crippen LogP contribution in [0.3, 0.4) is 0 Å². The molecule has 0 aliphatic rings. The van der Waals surface area contributed by atoms with Crippen LogP contribution in [0.15, 0.2) is 0 Å². The number of halogens is 1. The molecule has 0 aliphatic heterocycles. The lowest BCUT2D eigenvalue weighted by molar-refractivity contribution is -0.146. The van der Waals surface area contributed by atoms with Crippen LogP contribution in [0, 0.1) is 26.2 Å². The summed E-state index contributed by atoms with van der Waals surface area (Å²) in [5.41, 5.74) is 2.87. The lowest BCUT2D eigenvalue weighted by Crippen LogP contribution is -2.27. The molecule has 0 bridgehead atoms. The third-order valence-electron chi connectivity index (χ3n) is 3.69. The van der Waals surface area contributed by atoms with Crippen molar-refractivity contribution in [1.29, 1.82) is 0 Å². The molecule has 3 nitrogen and oxygen atoms in total. The molecule has 4 heteroatoms. The van der Waals surface area contributed by atoms with Crippen LogP contribution in [-0.2, 0) is 11.2 Å². The Morgan fingerprint density at radius 3 is 2.16 bits per heavy atom. The van der Waals surface area contributed by atoms with Gasteiger partial charge in [-0.1, -0.05) is 11.6 Å². The summed E-state index contributed by atoms with van der Waals surface area (Å²) in [4.78, 5) is 11.3. The topological polar surface area (TPSA) is 46.5 Å². The molecule has 0 aromatic heterocycles. The number of aliphatic carboxylic acids is 1. The van der Waals surface area contributed by atoms with Gasteiger partial charge < -0.3 is 9.84 Å². The first-order chi connectivity index (χ1) is 8.63. The molecule has 1 N–H and O–H groups in total. The van der Waals surface area contributed by atoms with E-state index < -0.39 is 11.4 Å². The highest BCUT2D eigenvalue weighted by Gasteiger charge is 2.30. The fourth-order valence-corrected chi connectivity index (χ4v) is 2.41. The second-order valence-corrected chi connectivity index (χ2v) is 5.94. The average Bonchev–Trinajstić information content (AvgIpc) is 2.33. The van der Waals surface area contributed by atoms with E-state index in [1.807, 2.05) is 20.8 Å². The third kappa shape index (κ3) is 2.86. The third-order valence-corrected chi connectivity index (χ3v) is 4.26. The van der Waals surface area contributed by atoms with Crippen LogP contribution >= 0.6 is 11.6 Å². The molecule has 0 saturated carbocycles. The van der Waals surface area contributed by atoms with Crippen LogP contribution in [0.4, 0.5) is 0 Å². The zero-order chi connectivity index (χ0) is 15.0. The molecule has 0 saturated heterocycles. The van der Waals surface area contributed by atoms with Crippen LogP contribution in [0.5, 0.6) is 5.75 Å². The highest BCUT2D eigenvalue weighted by molar-refractivity contribution is 6.32. The summed E-state index contributed by atoms with van der Waals surface area (Å²) in [5.74, 6) is -0.0861. The Labute approximate surface area is 119 Å². The van der Waals surface area contributed by atoms with Gasteiger partial charge >= 0.3 is 5.97 Å². The maximum atomic E-state index is 11.3. The Balaban J connectivity index is 3.47. The number of methoxy groups -OCH3 is 1. The van der Waals surface area contributed by atoms with E-state index in [4.69, 9.17) is 16.3 Å². The predicted octanol–water partition coefficient (Wildman–Crippen LogP) is 3.93. The van der Waals surface area contributed by atoms with Crippen molar-refractivity contribution in [2.24, 2.45) is 5.41 Å². The SMILES string of the molecule is COc1c(C)c(C)c(Cl)c(C)c1CC(C)(C)C(=O)O. The maximum Gasteiger partial charge on any atom is 0.309 e. The summed E-state index contributed by atoms with van der Waals surface area (Å²) in [6.45, 7) is 9.20. The summed E-state index contributed by atoms with van der Waals surface area (Å²) < 4.78 is 5.47. The standard InChI is InChI=1S/C15H21ClO3/c1-8-9(2)13(19-6)11(10(3)12(8)16)7-15(4,5)14(17)18/h7H2,1-6H3,(H,17,18). The molecule has 0 amide bonds. The molecule has 0 atom stereocenters. The van der Waals surface area contributed by atoms with E-state index in [0.717, 1.165) is 28.0 Å². The van der Waals surface area contributed by atoms with Crippen molar-refractivity contribution < 1.29 is 14.6 Å². The van der Waals surface area contributed by atoms with Gasteiger partial charge in [-0.25, -0.2) is 0 Å². The zero-order valence-corrected chi connectivity index (χ0v) is 13.1. The molecule has 19 heavy (non-hydrogen) atoms. The Bertz CT molecular complexity index is 519. The highest BCUT2D eigenvalue weighted by Crippen LogP contribution is 2.39. The number of ether oxygens (including phenoxy) is 1. The number of carboxylic acids is 1. The second-order valence-electron chi connectivity index (χ2n) is 5.57. The van der Waals surface area contributed by atoms with Gasteiger partial charge in [-0.15, -0.1) is 0 Å². The van der Waals surface area contributed by atoms with E-state index in [0.29, 0.717) is 11.4 Å². The molecule has 0 fully saturated rings. The van der Waals surface area contributed by atoms with Gasteiger partial charge in [0.15, 0.2) is 0 Å². The predicted molar refractivity (Wildman–Crippen MR) is 77.3 cm³/mol. The first-order valence-electron chi connectivity index (χ1n) is 6.19. The fourth-order valence-electron chi connectivity index (χ4n) is 2.15. The summed E-state index contributed by atoms with van der Waals surface area (Å²) in [6, 6.07) is 0. The van der Waals surface area contributed by atoms with E-state index in [1.165, 1.54) is 0 Å². The summed E-state index contributed by atoms with van der Waals surface area (Å²) in [7, 11) is 1.60. The van der Waals surface area contributed by atoms with E-state index in [1.54, 1.807) is 21.0 Å². The van der Waals surface area contributed by atoms with Crippen molar-refractivity contribution in [2.75, 3.05) is 7.11 Å². The van der Waals surface area contributed by atoms with Gasteiger partial charge in [0.1, 0.15) is 5.75 Å². The Morgan fingerprint density at radius 2 is 1.74 bits per heavy atom. The van der Waals surface area contributed by atoms with Crippen molar-refractivity contribution in [1.82, 2.24) is 0 Å². The van der Waals surface area contributed by atoms with Gasteiger partial charge in [0.05, 0.1) is 12.5 Å². The van der Waals surface area contributed by atoms with Gasteiger partial charge in [0.25, 0.3) is 0 Å². The second kappa shape index (κ2) is 5.41. The average molecular weight is 285 g/mol. The van der Waals surface area contributed by atoms with Gasteiger partial charge in [-0.2, -0.15) is 0 Å². The molecule has 0 heterocycles. The van der Waals surface area contributed by atoms with Crippen LogP contribution in [0.2, 0.25) is 5.02 Å². The van der Waals surface area contributed by atoms with Crippen molar-refractivity contribution in [3.05, 3.63) is 27.3 Å². The van der Waals surface area contributed by atoms with Crippen LogP contribution < -0.4 is 4.74 Å². The van der Waals surface area contributed by atoms with Crippen molar-refractivity contribution >= 4 is 17.6 Å². The molecule has 106 valence electrons. The van der Waals surface area contributed by atoms with Gasteiger partial charge in [0, 0.05) is 5.02 Å². The largest absolute Gasteiger partial charge is 0.496 e. The van der Waals surface area contributed by atoms with Crippen molar-refractivity contribution in [2.45, 2.75) is 41.0 Å². The quantitative estimate of drug-likeness (QED) is 0.911. The van der Waals surface area contributed by atoms with Crippen LogP contribution in [-0.4, -0.2) is 18.2 Å². The molecule has 1 aromatic carbocycles. The Hall–Kier alpha value is -1.22.